The second-order valence-electron chi connectivity index (χ2n) is 8.77. The molecule has 2 atom stereocenters. The molecule has 0 saturated heterocycles. The minimum Gasteiger partial charge on any atom is -0.396 e. The van der Waals surface area contributed by atoms with Crippen LogP contribution in [0.2, 0.25) is 0 Å². The fourth-order valence-electron chi connectivity index (χ4n) is 3.58. The van der Waals surface area contributed by atoms with E-state index < -0.39 is 0 Å². The van der Waals surface area contributed by atoms with Crippen molar-refractivity contribution in [2.75, 3.05) is 13.2 Å². The lowest BCUT2D eigenvalue weighted by molar-refractivity contribution is 0.116. The van der Waals surface area contributed by atoms with Crippen LogP contribution in [-0.4, -0.2) is 23.4 Å². The first kappa shape index (κ1) is 23.9. The number of aliphatic hydroxyl groups is 2. The summed E-state index contributed by atoms with van der Waals surface area (Å²) in [6, 6.07) is 0. The first-order valence-corrected chi connectivity index (χ1v) is 10.7. The zero-order chi connectivity index (χ0) is 18.3. The summed E-state index contributed by atoms with van der Waals surface area (Å²) in [5.74, 6) is 0. The van der Waals surface area contributed by atoms with E-state index in [-0.39, 0.29) is 10.8 Å². The monoisotopic (exact) mass is 342 g/mol. The number of rotatable bonds is 17. The summed E-state index contributed by atoms with van der Waals surface area (Å²) in [6.45, 7) is 9.61. The summed E-state index contributed by atoms with van der Waals surface area (Å²) in [4.78, 5) is 0. The van der Waals surface area contributed by atoms with Gasteiger partial charge < -0.3 is 10.2 Å². The molecule has 0 fully saturated rings. The number of hydrogen-bond donors (Lipinski definition) is 2. The van der Waals surface area contributed by atoms with Crippen LogP contribution in [0.3, 0.4) is 0 Å². The van der Waals surface area contributed by atoms with Crippen LogP contribution in [-0.2, 0) is 0 Å². The van der Waals surface area contributed by atoms with Gasteiger partial charge in [-0.05, 0) is 36.5 Å². The zero-order valence-electron chi connectivity index (χ0n) is 17.2. The fraction of sp³-hybridized carbons (Fsp3) is 1.00. The molecule has 24 heavy (non-hydrogen) atoms. The van der Waals surface area contributed by atoms with Crippen molar-refractivity contribution in [1.29, 1.82) is 0 Å². The van der Waals surface area contributed by atoms with Crippen LogP contribution in [0.15, 0.2) is 0 Å². The SMILES string of the molecule is CCCCC(C)(CO)CCCCCCCCC(C)(CO)CCCC. The van der Waals surface area contributed by atoms with Gasteiger partial charge in [0, 0.05) is 13.2 Å². The molecule has 0 aliphatic carbocycles. The Morgan fingerprint density at radius 2 is 0.792 bits per heavy atom. The molecule has 0 saturated carbocycles. The van der Waals surface area contributed by atoms with Crippen LogP contribution in [0.25, 0.3) is 0 Å². The maximum atomic E-state index is 9.63. The van der Waals surface area contributed by atoms with Gasteiger partial charge in [0.15, 0.2) is 0 Å². The Bertz CT molecular complexity index is 251. The molecular weight excluding hydrogens is 296 g/mol. The minimum atomic E-state index is 0.151. The van der Waals surface area contributed by atoms with Crippen LogP contribution in [0, 0.1) is 10.8 Å². The third-order valence-electron chi connectivity index (χ3n) is 5.84. The van der Waals surface area contributed by atoms with Gasteiger partial charge in [-0.3, -0.25) is 0 Å². The second-order valence-corrected chi connectivity index (χ2v) is 8.77. The van der Waals surface area contributed by atoms with E-state index in [4.69, 9.17) is 0 Å². The van der Waals surface area contributed by atoms with Crippen LogP contribution in [0.1, 0.15) is 118 Å². The van der Waals surface area contributed by atoms with Gasteiger partial charge in [-0.25, -0.2) is 0 Å². The van der Waals surface area contributed by atoms with Crippen LogP contribution in [0.5, 0.6) is 0 Å². The van der Waals surface area contributed by atoms with Crippen molar-refractivity contribution in [2.45, 2.75) is 118 Å². The number of aliphatic hydroxyl groups excluding tert-OH is 2. The highest BCUT2D eigenvalue weighted by Gasteiger charge is 2.22. The van der Waals surface area contributed by atoms with E-state index in [2.05, 4.69) is 27.7 Å². The summed E-state index contributed by atoms with van der Waals surface area (Å²) < 4.78 is 0. The molecule has 0 aromatic carbocycles. The highest BCUT2D eigenvalue weighted by atomic mass is 16.3. The number of hydrogen-bond acceptors (Lipinski definition) is 2. The van der Waals surface area contributed by atoms with Crippen molar-refractivity contribution in [3.63, 3.8) is 0 Å². The Kier molecular flexibility index (Phi) is 14.1. The lowest BCUT2D eigenvalue weighted by Gasteiger charge is -2.27. The quantitative estimate of drug-likeness (QED) is 0.297. The Labute approximate surface area is 152 Å². The van der Waals surface area contributed by atoms with Gasteiger partial charge in [0.1, 0.15) is 0 Å². The minimum absolute atomic E-state index is 0.151. The maximum Gasteiger partial charge on any atom is 0.0484 e. The van der Waals surface area contributed by atoms with Gasteiger partial charge in [0.05, 0.1) is 0 Å². The average Bonchev–Trinajstić information content (AvgIpc) is 2.60. The van der Waals surface area contributed by atoms with E-state index in [9.17, 15) is 10.2 Å². The van der Waals surface area contributed by atoms with Crippen molar-refractivity contribution in [3.8, 4) is 0 Å². The second kappa shape index (κ2) is 14.1. The highest BCUT2D eigenvalue weighted by Crippen LogP contribution is 2.31. The maximum absolute atomic E-state index is 9.63. The first-order chi connectivity index (χ1) is 11.4. The number of unbranched alkanes of at least 4 members (excludes halogenated alkanes) is 7. The normalized spacial score (nSPS) is 16.8. The smallest absolute Gasteiger partial charge is 0.0484 e. The van der Waals surface area contributed by atoms with Gasteiger partial charge in [-0.2, -0.15) is 0 Å². The lowest BCUT2D eigenvalue weighted by Crippen LogP contribution is -2.21. The summed E-state index contributed by atoms with van der Waals surface area (Å²) in [5, 5.41) is 19.3. The predicted molar refractivity (Wildman–Crippen MR) is 106 cm³/mol. The molecule has 0 rings (SSSR count). The third kappa shape index (κ3) is 11.5. The molecule has 0 amide bonds. The molecule has 2 heteroatoms. The standard InChI is InChI=1S/C22H46O2/c1-5-7-15-21(3,19-23)17-13-11-9-10-12-14-18-22(4,20-24)16-8-6-2/h23-24H,5-20H2,1-4H3. The third-order valence-corrected chi connectivity index (χ3v) is 5.84. The summed E-state index contributed by atoms with van der Waals surface area (Å²) >= 11 is 0. The molecule has 0 bridgehead atoms. The van der Waals surface area contributed by atoms with Gasteiger partial charge in [-0.15, -0.1) is 0 Å². The highest BCUT2D eigenvalue weighted by molar-refractivity contribution is 4.74. The Balaban J connectivity index is 3.69. The first-order valence-electron chi connectivity index (χ1n) is 10.7. The molecule has 0 heterocycles. The van der Waals surface area contributed by atoms with Crippen LogP contribution < -0.4 is 0 Å². The van der Waals surface area contributed by atoms with Gasteiger partial charge in [0.2, 0.25) is 0 Å². The molecule has 2 unspecified atom stereocenters. The van der Waals surface area contributed by atoms with E-state index in [0.29, 0.717) is 13.2 Å². The van der Waals surface area contributed by atoms with E-state index in [1.54, 1.807) is 0 Å². The summed E-state index contributed by atoms with van der Waals surface area (Å²) in [5.41, 5.74) is 0.302. The molecule has 146 valence electrons. The molecule has 0 spiro atoms. The molecule has 0 aromatic rings. The van der Waals surface area contributed by atoms with Gasteiger partial charge in [-0.1, -0.05) is 91.9 Å². The molecule has 0 aliphatic heterocycles. The Morgan fingerprint density at radius 1 is 0.500 bits per heavy atom. The predicted octanol–water partition coefficient (Wildman–Crippen LogP) is 6.48. The van der Waals surface area contributed by atoms with E-state index in [0.717, 1.165) is 12.8 Å². The van der Waals surface area contributed by atoms with Crippen molar-refractivity contribution in [3.05, 3.63) is 0 Å². The zero-order valence-corrected chi connectivity index (χ0v) is 17.2. The van der Waals surface area contributed by atoms with Crippen LogP contribution >= 0.6 is 0 Å². The topological polar surface area (TPSA) is 40.5 Å². The largest absolute Gasteiger partial charge is 0.396 e. The van der Waals surface area contributed by atoms with E-state index in [1.807, 2.05) is 0 Å². The molecule has 2 nitrogen and oxygen atoms in total. The van der Waals surface area contributed by atoms with Gasteiger partial charge in [0.25, 0.3) is 0 Å². The lowest BCUT2D eigenvalue weighted by atomic mass is 9.80. The van der Waals surface area contributed by atoms with Crippen molar-refractivity contribution < 1.29 is 10.2 Å². The molecule has 0 radical (unpaired) electrons. The summed E-state index contributed by atoms with van der Waals surface area (Å²) in [7, 11) is 0. The van der Waals surface area contributed by atoms with E-state index in [1.165, 1.54) is 77.0 Å². The van der Waals surface area contributed by atoms with Crippen molar-refractivity contribution in [1.82, 2.24) is 0 Å². The molecular formula is C22H46O2. The fourth-order valence-corrected chi connectivity index (χ4v) is 3.58. The molecule has 2 N–H and O–H groups in total. The van der Waals surface area contributed by atoms with Crippen LogP contribution in [0.4, 0.5) is 0 Å². The average molecular weight is 343 g/mol. The van der Waals surface area contributed by atoms with Crippen molar-refractivity contribution in [2.24, 2.45) is 10.8 Å². The van der Waals surface area contributed by atoms with Gasteiger partial charge >= 0.3 is 0 Å². The Morgan fingerprint density at radius 3 is 1.08 bits per heavy atom. The molecule has 0 aromatic heterocycles. The van der Waals surface area contributed by atoms with E-state index >= 15 is 0 Å². The molecule has 0 aliphatic rings. The summed E-state index contributed by atoms with van der Waals surface area (Å²) in [6.07, 6.45) is 17.3. The van der Waals surface area contributed by atoms with Crippen molar-refractivity contribution >= 4 is 0 Å². The Hall–Kier alpha value is -0.0800.